The summed E-state index contributed by atoms with van der Waals surface area (Å²) in [7, 11) is 0. The number of carbonyl (C=O) groups excluding carboxylic acids is 1. The van der Waals surface area contributed by atoms with Crippen molar-refractivity contribution in [3.8, 4) is 0 Å². The maximum Gasteiger partial charge on any atom is 0.293 e. The molecule has 0 unspecified atom stereocenters. The molecule has 0 saturated heterocycles. The van der Waals surface area contributed by atoms with Gasteiger partial charge in [-0.05, 0) is 25.7 Å². The molecular formula is C7H12NaO2. The zero-order chi connectivity index (χ0) is 6.53. The van der Waals surface area contributed by atoms with Crippen LogP contribution in [0, 0.1) is 0 Å². The fourth-order valence-electron chi connectivity index (χ4n) is 1.28. The Balaban J connectivity index is 0.000000810. The van der Waals surface area contributed by atoms with Crippen molar-refractivity contribution in [2.75, 3.05) is 0 Å². The number of carbonyl (C=O) groups is 1. The molecule has 0 spiro atoms. The van der Waals surface area contributed by atoms with E-state index < -0.39 is 0 Å². The molecule has 1 rings (SSSR count). The number of hydrogen-bond acceptors (Lipinski definition) is 2. The molecule has 53 valence electrons. The van der Waals surface area contributed by atoms with Crippen LogP contribution in [0.15, 0.2) is 0 Å². The first-order chi connectivity index (χ1) is 4.43. The summed E-state index contributed by atoms with van der Waals surface area (Å²) in [4.78, 5) is 9.85. The Morgan fingerprint density at radius 1 is 1.20 bits per heavy atom. The quantitative estimate of drug-likeness (QED) is 0.436. The Kier molecular flexibility index (Phi) is 6.49. The van der Waals surface area contributed by atoms with Crippen LogP contribution in [-0.2, 0) is 9.53 Å². The molecule has 1 fully saturated rings. The van der Waals surface area contributed by atoms with Crippen molar-refractivity contribution in [3.63, 3.8) is 0 Å². The molecule has 0 aromatic heterocycles. The van der Waals surface area contributed by atoms with Gasteiger partial charge in [-0.3, -0.25) is 4.79 Å². The smallest absolute Gasteiger partial charge is 0.293 e. The normalized spacial score (nSPS) is 19.2. The summed E-state index contributed by atoms with van der Waals surface area (Å²) < 4.78 is 4.80. The zero-order valence-corrected chi connectivity index (χ0v) is 8.51. The largest absolute Gasteiger partial charge is 0.465 e. The monoisotopic (exact) mass is 151 g/mol. The molecule has 3 heteroatoms. The van der Waals surface area contributed by atoms with E-state index in [9.17, 15) is 4.79 Å². The van der Waals surface area contributed by atoms with Gasteiger partial charge in [0.25, 0.3) is 6.47 Å². The standard InChI is InChI=1S/C7H12O2.Na/c8-6-9-7-4-2-1-3-5-7;/h6-7H,1-5H2;. The van der Waals surface area contributed by atoms with Crippen LogP contribution >= 0.6 is 0 Å². The summed E-state index contributed by atoms with van der Waals surface area (Å²) in [5.41, 5.74) is 0. The molecule has 0 aromatic carbocycles. The maximum absolute atomic E-state index is 9.85. The van der Waals surface area contributed by atoms with Gasteiger partial charge in [0.05, 0.1) is 0 Å². The van der Waals surface area contributed by atoms with Crippen LogP contribution in [-0.4, -0.2) is 42.1 Å². The summed E-state index contributed by atoms with van der Waals surface area (Å²) in [5.74, 6) is 0. The van der Waals surface area contributed by atoms with E-state index in [0.717, 1.165) is 12.8 Å². The molecule has 0 N–H and O–H groups in total. The van der Waals surface area contributed by atoms with E-state index in [4.69, 9.17) is 4.74 Å². The molecule has 10 heavy (non-hydrogen) atoms. The van der Waals surface area contributed by atoms with Gasteiger partial charge in [-0.2, -0.15) is 0 Å². The molecule has 0 amide bonds. The Hall–Kier alpha value is 0.470. The predicted molar refractivity (Wildman–Crippen MR) is 39.8 cm³/mol. The first-order valence-electron chi connectivity index (χ1n) is 3.52. The van der Waals surface area contributed by atoms with Crippen LogP contribution in [0.25, 0.3) is 0 Å². The molecule has 0 aliphatic heterocycles. The SMILES string of the molecule is O=COC1CCCCC1.[Na]. The first-order valence-corrected chi connectivity index (χ1v) is 3.52. The minimum atomic E-state index is 0. The predicted octanol–water partition coefficient (Wildman–Crippen LogP) is 1.11. The van der Waals surface area contributed by atoms with Gasteiger partial charge in [-0.15, -0.1) is 0 Å². The summed E-state index contributed by atoms with van der Waals surface area (Å²) in [6.45, 7) is 0.565. The van der Waals surface area contributed by atoms with Crippen molar-refractivity contribution in [1.29, 1.82) is 0 Å². The number of hydrogen-bond donors (Lipinski definition) is 0. The van der Waals surface area contributed by atoms with Gasteiger partial charge < -0.3 is 4.74 Å². The Morgan fingerprint density at radius 2 is 1.80 bits per heavy atom. The molecule has 1 radical (unpaired) electrons. The Labute approximate surface area is 83.6 Å². The van der Waals surface area contributed by atoms with Gasteiger partial charge in [-0.25, -0.2) is 0 Å². The second-order valence-corrected chi connectivity index (χ2v) is 2.49. The Morgan fingerprint density at radius 3 is 2.30 bits per heavy atom. The third kappa shape index (κ3) is 3.59. The van der Waals surface area contributed by atoms with Crippen LogP contribution < -0.4 is 0 Å². The van der Waals surface area contributed by atoms with Gasteiger partial charge in [0.1, 0.15) is 6.10 Å². The van der Waals surface area contributed by atoms with E-state index in [1.165, 1.54) is 19.3 Å². The zero-order valence-electron chi connectivity index (χ0n) is 6.51. The minimum Gasteiger partial charge on any atom is -0.465 e. The van der Waals surface area contributed by atoms with Crippen molar-refractivity contribution in [2.45, 2.75) is 38.2 Å². The van der Waals surface area contributed by atoms with Gasteiger partial charge in [0, 0.05) is 29.6 Å². The van der Waals surface area contributed by atoms with Gasteiger partial charge in [0.15, 0.2) is 0 Å². The molecule has 0 heterocycles. The maximum atomic E-state index is 9.85. The topological polar surface area (TPSA) is 26.3 Å². The van der Waals surface area contributed by atoms with Crippen molar-refractivity contribution in [2.24, 2.45) is 0 Å². The van der Waals surface area contributed by atoms with Crippen LogP contribution in [0.3, 0.4) is 0 Å². The Bertz CT molecular complexity index is 89.6. The summed E-state index contributed by atoms with van der Waals surface area (Å²) in [6.07, 6.45) is 6.11. The average molecular weight is 151 g/mol. The number of ether oxygens (including phenoxy) is 1. The number of rotatable bonds is 2. The summed E-state index contributed by atoms with van der Waals surface area (Å²) >= 11 is 0. The van der Waals surface area contributed by atoms with E-state index in [2.05, 4.69) is 0 Å². The van der Waals surface area contributed by atoms with E-state index >= 15 is 0 Å². The fraction of sp³-hybridized carbons (Fsp3) is 0.857. The minimum absolute atomic E-state index is 0. The third-order valence-corrected chi connectivity index (χ3v) is 1.80. The van der Waals surface area contributed by atoms with Crippen molar-refractivity contribution in [1.82, 2.24) is 0 Å². The van der Waals surface area contributed by atoms with E-state index in [1.807, 2.05) is 0 Å². The average Bonchev–Trinajstić information content (AvgIpc) is 1.91. The molecule has 1 aliphatic rings. The second kappa shape index (κ2) is 6.20. The molecule has 1 saturated carbocycles. The van der Waals surface area contributed by atoms with Crippen molar-refractivity contribution in [3.05, 3.63) is 0 Å². The molecule has 1 aliphatic carbocycles. The molecule has 0 bridgehead atoms. The third-order valence-electron chi connectivity index (χ3n) is 1.80. The van der Waals surface area contributed by atoms with Gasteiger partial charge >= 0.3 is 0 Å². The molecule has 0 aromatic rings. The van der Waals surface area contributed by atoms with Crippen molar-refractivity contribution >= 4 is 36.0 Å². The molecule has 2 nitrogen and oxygen atoms in total. The van der Waals surface area contributed by atoms with Crippen LogP contribution in [0.1, 0.15) is 32.1 Å². The van der Waals surface area contributed by atoms with Gasteiger partial charge in [-0.1, -0.05) is 6.42 Å². The second-order valence-electron chi connectivity index (χ2n) is 2.49. The van der Waals surface area contributed by atoms with Crippen LogP contribution in [0.5, 0.6) is 0 Å². The summed E-state index contributed by atoms with van der Waals surface area (Å²) in [6, 6.07) is 0. The molecule has 0 atom stereocenters. The summed E-state index contributed by atoms with van der Waals surface area (Å²) in [5, 5.41) is 0. The van der Waals surface area contributed by atoms with E-state index in [0.29, 0.717) is 6.47 Å². The van der Waals surface area contributed by atoms with Crippen molar-refractivity contribution < 1.29 is 9.53 Å². The van der Waals surface area contributed by atoms with E-state index in [-0.39, 0.29) is 35.7 Å². The van der Waals surface area contributed by atoms with Crippen LogP contribution in [0.2, 0.25) is 0 Å². The van der Waals surface area contributed by atoms with E-state index in [1.54, 1.807) is 0 Å². The van der Waals surface area contributed by atoms with Crippen LogP contribution in [0.4, 0.5) is 0 Å². The van der Waals surface area contributed by atoms with Gasteiger partial charge in [0.2, 0.25) is 0 Å². The fourth-order valence-corrected chi connectivity index (χ4v) is 1.28. The molecular weight excluding hydrogens is 139 g/mol. The first kappa shape index (κ1) is 10.5.